The molecule has 1 saturated heterocycles. The number of aromatic nitrogens is 2. The maximum absolute atomic E-state index is 12.3. The van der Waals surface area contributed by atoms with Gasteiger partial charge < -0.3 is 24.1 Å². The summed E-state index contributed by atoms with van der Waals surface area (Å²) in [5.74, 6) is 1.83. The largest absolute Gasteiger partial charge is 0.493 e. The number of benzene rings is 1. The third kappa shape index (κ3) is 5.45. The number of piperidine rings is 1. The third-order valence-corrected chi connectivity index (χ3v) is 6.94. The monoisotopic (exact) mass is 478 g/mol. The molecule has 0 spiro atoms. The Morgan fingerprint density at radius 1 is 1.20 bits per heavy atom. The molecule has 0 unspecified atom stereocenters. The number of ether oxygens (including phenoxy) is 1. The molecule has 1 aliphatic rings. The Bertz CT molecular complexity index is 1240. The molecule has 1 fully saturated rings. The van der Waals surface area contributed by atoms with Crippen LogP contribution in [0.3, 0.4) is 0 Å². The fraction of sp³-hybridized carbons (Fsp3) is 0.500. The average molecular weight is 479 g/mol. The van der Waals surface area contributed by atoms with Crippen LogP contribution >= 0.6 is 0 Å². The molecule has 188 valence electrons. The molecule has 7 heteroatoms. The topological polar surface area (TPSA) is 70.6 Å². The number of hydrogen-bond acceptors (Lipinski definition) is 4. The molecule has 0 atom stereocenters. The lowest BCUT2D eigenvalue weighted by Gasteiger charge is -2.32. The van der Waals surface area contributed by atoms with Crippen LogP contribution in [0, 0.1) is 12.8 Å². The van der Waals surface area contributed by atoms with Crippen LogP contribution in [0.25, 0.3) is 22.2 Å². The summed E-state index contributed by atoms with van der Waals surface area (Å²) in [6, 6.07) is 8.20. The normalized spacial score (nSPS) is 14.9. The molecule has 4 rings (SSSR count). The fourth-order valence-electron chi connectivity index (χ4n) is 5.06. The first kappa shape index (κ1) is 25.0. The number of H-pyrrole nitrogens is 1. The molecule has 1 N–H and O–H groups in total. The van der Waals surface area contributed by atoms with E-state index in [2.05, 4.69) is 31.0 Å². The third-order valence-electron chi connectivity index (χ3n) is 6.94. The number of carbonyl (C=O) groups excluding carboxylic acids is 1. The van der Waals surface area contributed by atoms with Crippen molar-refractivity contribution in [2.75, 3.05) is 40.3 Å². The molecular weight excluding hydrogens is 440 g/mol. The minimum absolute atomic E-state index is 0.0274. The molecule has 1 amide bonds. The average Bonchev–Trinajstić information content (AvgIpc) is 3.20. The summed E-state index contributed by atoms with van der Waals surface area (Å²) in [6.45, 7) is 8.99. The first-order chi connectivity index (χ1) is 16.6. The predicted octanol–water partition coefficient (Wildman–Crippen LogP) is 4.14. The summed E-state index contributed by atoms with van der Waals surface area (Å²) < 4.78 is 7.89. The number of hydrogen-bond donors (Lipinski definition) is 1. The standard InChI is InChI=1S/C28H38N4O3/c1-18(2)26-23-14-22(35-17-20-9-11-32(12-10-20)25(33)16-30(4)5)7-8-24(23)29-27(26)21-13-19(3)28(34)31(6)15-21/h7-8,13-15,18,20,29H,9-12,16-17H2,1-6H3. The van der Waals surface area contributed by atoms with Crippen LogP contribution in [0.4, 0.5) is 0 Å². The minimum Gasteiger partial charge on any atom is -0.493 e. The molecule has 0 saturated carbocycles. The minimum atomic E-state index is 0.0274. The van der Waals surface area contributed by atoms with Gasteiger partial charge in [-0.25, -0.2) is 0 Å². The van der Waals surface area contributed by atoms with E-state index < -0.39 is 0 Å². The van der Waals surface area contributed by atoms with Crippen molar-refractivity contribution in [2.24, 2.45) is 13.0 Å². The number of aryl methyl sites for hydroxylation is 2. The number of nitrogens with zero attached hydrogens (tertiary/aromatic N) is 3. The highest BCUT2D eigenvalue weighted by molar-refractivity contribution is 5.92. The maximum atomic E-state index is 12.3. The Hall–Kier alpha value is -3.06. The zero-order chi connectivity index (χ0) is 25.3. The van der Waals surface area contributed by atoms with Gasteiger partial charge in [0.2, 0.25) is 5.91 Å². The van der Waals surface area contributed by atoms with E-state index in [1.165, 1.54) is 5.56 Å². The van der Waals surface area contributed by atoms with Gasteiger partial charge >= 0.3 is 0 Å². The summed E-state index contributed by atoms with van der Waals surface area (Å²) in [4.78, 5) is 32.0. The van der Waals surface area contributed by atoms with Crippen molar-refractivity contribution >= 4 is 16.8 Å². The number of rotatable bonds is 7. The van der Waals surface area contributed by atoms with E-state index in [0.29, 0.717) is 25.0 Å². The van der Waals surface area contributed by atoms with E-state index in [1.54, 1.807) is 11.6 Å². The van der Waals surface area contributed by atoms with E-state index in [9.17, 15) is 9.59 Å². The van der Waals surface area contributed by atoms with Crippen molar-refractivity contribution in [3.05, 3.63) is 51.9 Å². The zero-order valence-corrected chi connectivity index (χ0v) is 21.9. The number of aromatic amines is 1. The number of likely N-dealkylation sites (tertiary alicyclic amines) is 1. The number of pyridine rings is 1. The molecule has 3 heterocycles. The highest BCUT2D eigenvalue weighted by atomic mass is 16.5. The van der Waals surface area contributed by atoms with E-state index >= 15 is 0 Å². The van der Waals surface area contributed by atoms with Crippen LogP contribution in [-0.4, -0.2) is 65.6 Å². The van der Waals surface area contributed by atoms with Crippen LogP contribution < -0.4 is 10.3 Å². The molecule has 1 aliphatic heterocycles. The second kappa shape index (κ2) is 10.3. The van der Waals surface area contributed by atoms with Gasteiger partial charge in [-0.1, -0.05) is 13.8 Å². The van der Waals surface area contributed by atoms with Crippen molar-refractivity contribution in [3.63, 3.8) is 0 Å². The molecule has 35 heavy (non-hydrogen) atoms. The van der Waals surface area contributed by atoms with Gasteiger partial charge in [0.25, 0.3) is 5.56 Å². The van der Waals surface area contributed by atoms with Gasteiger partial charge in [0, 0.05) is 48.4 Å². The Morgan fingerprint density at radius 2 is 1.91 bits per heavy atom. The van der Waals surface area contributed by atoms with Gasteiger partial charge in [-0.3, -0.25) is 9.59 Å². The number of likely N-dealkylation sites (N-methyl/N-ethyl adjacent to an activating group) is 1. The Morgan fingerprint density at radius 3 is 2.54 bits per heavy atom. The number of fused-ring (bicyclic) bond motifs is 1. The van der Waals surface area contributed by atoms with Crippen molar-refractivity contribution in [1.82, 2.24) is 19.4 Å². The van der Waals surface area contributed by atoms with Gasteiger partial charge in [0.05, 0.1) is 18.8 Å². The van der Waals surface area contributed by atoms with Gasteiger partial charge in [-0.05, 0) is 75.5 Å². The summed E-state index contributed by atoms with van der Waals surface area (Å²) in [6.07, 6.45) is 3.84. The van der Waals surface area contributed by atoms with Crippen molar-refractivity contribution in [1.29, 1.82) is 0 Å². The Labute approximate surface area is 207 Å². The van der Waals surface area contributed by atoms with Gasteiger partial charge in [-0.2, -0.15) is 0 Å². The SMILES string of the molecule is Cc1cc(-c2[nH]c3ccc(OCC4CCN(C(=O)CN(C)C)CC4)cc3c2C(C)C)cn(C)c1=O. The fourth-order valence-corrected chi connectivity index (χ4v) is 5.06. The van der Waals surface area contributed by atoms with Gasteiger partial charge in [0.1, 0.15) is 5.75 Å². The second-order valence-corrected chi connectivity index (χ2v) is 10.5. The second-order valence-electron chi connectivity index (χ2n) is 10.5. The van der Waals surface area contributed by atoms with Crippen molar-refractivity contribution in [2.45, 2.75) is 39.5 Å². The van der Waals surface area contributed by atoms with Gasteiger partial charge in [-0.15, -0.1) is 0 Å². The molecule has 3 aromatic rings. The first-order valence-electron chi connectivity index (χ1n) is 12.5. The molecule has 1 aromatic carbocycles. The highest BCUT2D eigenvalue weighted by Gasteiger charge is 2.24. The summed E-state index contributed by atoms with van der Waals surface area (Å²) in [5.41, 5.74) is 5.13. The lowest BCUT2D eigenvalue weighted by molar-refractivity contribution is -0.133. The lowest BCUT2D eigenvalue weighted by atomic mass is 9.96. The number of amides is 1. The van der Waals surface area contributed by atoms with E-state index in [0.717, 1.165) is 59.4 Å². The maximum Gasteiger partial charge on any atom is 0.253 e. The van der Waals surface area contributed by atoms with Crippen molar-refractivity contribution in [3.8, 4) is 17.0 Å². The first-order valence-corrected chi connectivity index (χ1v) is 12.5. The Balaban J connectivity index is 1.50. The summed E-state index contributed by atoms with van der Waals surface area (Å²) in [7, 11) is 5.65. The molecule has 7 nitrogen and oxygen atoms in total. The molecular formula is C28H38N4O3. The van der Waals surface area contributed by atoms with Crippen molar-refractivity contribution < 1.29 is 9.53 Å². The number of carbonyl (C=O) groups is 1. The zero-order valence-electron chi connectivity index (χ0n) is 21.9. The quantitative estimate of drug-likeness (QED) is 0.554. The number of nitrogens with one attached hydrogen (secondary N) is 1. The van der Waals surface area contributed by atoms with Crippen LogP contribution in [0.2, 0.25) is 0 Å². The van der Waals surface area contributed by atoms with Crippen LogP contribution in [0.5, 0.6) is 5.75 Å². The summed E-state index contributed by atoms with van der Waals surface area (Å²) in [5, 5.41) is 1.16. The Kier molecular flexibility index (Phi) is 7.36. The van der Waals surface area contributed by atoms with Crippen LogP contribution in [0.1, 0.15) is 43.7 Å². The molecule has 0 aliphatic carbocycles. The van der Waals surface area contributed by atoms with Gasteiger partial charge in [0.15, 0.2) is 0 Å². The van der Waals surface area contributed by atoms with E-state index in [-0.39, 0.29) is 11.5 Å². The highest BCUT2D eigenvalue weighted by Crippen LogP contribution is 2.37. The molecule has 0 radical (unpaired) electrons. The summed E-state index contributed by atoms with van der Waals surface area (Å²) >= 11 is 0. The smallest absolute Gasteiger partial charge is 0.253 e. The molecule has 2 aromatic heterocycles. The molecule has 0 bridgehead atoms. The van der Waals surface area contributed by atoms with Crippen LogP contribution in [0.15, 0.2) is 35.3 Å². The lowest BCUT2D eigenvalue weighted by Crippen LogP contribution is -2.43. The predicted molar refractivity (Wildman–Crippen MR) is 141 cm³/mol. The van der Waals surface area contributed by atoms with E-state index in [1.807, 2.05) is 49.1 Å². The van der Waals surface area contributed by atoms with Crippen LogP contribution in [-0.2, 0) is 11.8 Å². The van der Waals surface area contributed by atoms with E-state index in [4.69, 9.17) is 4.74 Å².